The van der Waals surface area contributed by atoms with Crippen LogP contribution >= 0.6 is 0 Å². The summed E-state index contributed by atoms with van der Waals surface area (Å²) in [6, 6.07) is 9.70. The fraction of sp³-hybridized carbons (Fsp3) is 0.412. The third-order valence-electron chi connectivity index (χ3n) is 3.00. The number of amides is 1. The Morgan fingerprint density at radius 2 is 1.95 bits per heavy atom. The summed E-state index contributed by atoms with van der Waals surface area (Å²) >= 11 is 0. The molecule has 0 aliphatic heterocycles. The van der Waals surface area contributed by atoms with E-state index in [1.165, 1.54) is 0 Å². The summed E-state index contributed by atoms with van der Waals surface area (Å²) in [7, 11) is 0. The molecule has 0 aliphatic carbocycles. The maximum atomic E-state index is 12.3. The molecule has 1 amide bonds. The van der Waals surface area contributed by atoms with Crippen molar-refractivity contribution in [1.29, 1.82) is 0 Å². The first-order valence-electron chi connectivity index (χ1n) is 7.37. The molecule has 0 saturated carbocycles. The maximum Gasteiger partial charge on any atom is 0.270 e. The lowest BCUT2D eigenvalue weighted by Crippen LogP contribution is -2.40. The van der Waals surface area contributed by atoms with Gasteiger partial charge >= 0.3 is 0 Å². The molecule has 2 N–H and O–H groups in total. The van der Waals surface area contributed by atoms with Crippen LogP contribution in [0.5, 0.6) is 0 Å². The molecule has 0 bridgehead atoms. The summed E-state index contributed by atoms with van der Waals surface area (Å²) in [6.07, 6.45) is 1.03. The van der Waals surface area contributed by atoms with Crippen LogP contribution in [0.2, 0.25) is 0 Å². The van der Waals surface area contributed by atoms with Crippen LogP contribution in [0.1, 0.15) is 44.6 Å². The Labute approximate surface area is 126 Å². The van der Waals surface area contributed by atoms with Gasteiger partial charge in [0.2, 0.25) is 0 Å². The molecule has 2 rings (SSSR count). The van der Waals surface area contributed by atoms with E-state index in [-0.39, 0.29) is 11.4 Å². The van der Waals surface area contributed by atoms with Gasteiger partial charge in [-0.3, -0.25) is 4.79 Å². The monoisotopic (exact) mass is 285 g/mol. The minimum Gasteiger partial charge on any atom is -0.384 e. The van der Waals surface area contributed by atoms with Gasteiger partial charge in [-0.05, 0) is 39.3 Å². The Balaban J connectivity index is 2.43. The third kappa shape index (κ3) is 3.94. The number of carbonyl (C=O) groups is 1. The van der Waals surface area contributed by atoms with Crippen LogP contribution in [0.15, 0.2) is 30.3 Å². The molecule has 0 atom stereocenters. The highest BCUT2D eigenvalue weighted by molar-refractivity contribution is 6.00. The summed E-state index contributed by atoms with van der Waals surface area (Å²) in [5.41, 5.74) is 1.96. The molecule has 112 valence electrons. The smallest absolute Gasteiger partial charge is 0.270 e. The molecular weight excluding hydrogens is 262 g/mol. The molecule has 1 heterocycles. The van der Waals surface area contributed by atoms with Crippen LogP contribution in [0.25, 0.3) is 10.9 Å². The van der Waals surface area contributed by atoms with E-state index in [1.807, 2.05) is 51.1 Å². The first-order chi connectivity index (χ1) is 9.90. The summed E-state index contributed by atoms with van der Waals surface area (Å²) in [5, 5.41) is 7.37. The molecule has 0 unspecified atom stereocenters. The van der Waals surface area contributed by atoms with E-state index in [0.717, 1.165) is 29.6 Å². The van der Waals surface area contributed by atoms with E-state index < -0.39 is 0 Å². The SMILES string of the molecule is CCCNc1cc(C(=O)NC(C)(C)C)nc2ccccc12. The summed E-state index contributed by atoms with van der Waals surface area (Å²) in [5.74, 6) is -0.146. The number of rotatable bonds is 4. The van der Waals surface area contributed by atoms with Gasteiger partial charge in [-0.25, -0.2) is 4.98 Å². The van der Waals surface area contributed by atoms with E-state index in [9.17, 15) is 4.79 Å². The highest BCUT2D eigenvalue weighted by Gasteiger charge is 2.17. The Morgan fingerprint density at radius 3 is 2.62 bits per heavy atom. The van der Waals surface area contributed by atoms with E-state index in [4.69, 9.17) is 0 Å². The summed E-state index contributed by atoms with van der Waals surface area (Å²) in [4.78, 5) is 16.8. The van der Waals surface area contributed by atoms with E-state index in [1.54, 1.807) is 0 Å². The zero-order valence-corrected chi connectivity index (χ0v) is 13.2. The normalized spacial score (nSPS) is 11.4. The fourth-order valence-corrected chi connectivity index (χ4v) is 2.10. The highest BCUT2D eigenvalue weighted by atomic mass is 16.2. The molecule has 1 aromatic carbocycles. The number of nitrogens with zero attached hydrogens (tertiary/aromatic N) is 1. The Kier molecular flexibility index (Phi) is 4.46. The van der Waals surface area contributed by atoms with Gasteiger partial charge in [0.15, 0.2) is 0 Å². The van der Waals surface area contributed by atoms with Crippen molar-refractivity contribution in [2.24, 2.45) is 0 Å². The fourth-order valence-electron chi connectivity index (χ4n) is 2.10. The van der Waals surface area contributed by atoms with Crippen molar-refractivity contribution in [3.05, 3.63) is 36.0 Å². The van der Waals surface area contributed by atoms with E-state index in [2.05, 4.69) is 22.5 Å². The van der Waals surface area contributed by atoms with E-state index >= 15 is 0 Å². The van der Waals surface area contributed by atoms with Gasteiger partial charge in [0.05, 0.1) is 5.52 Å². The van der Waals surface area contributed by atoms with Gasteiger partial charge in [0.25, 0.3) is 5.91 Å². The quantitative estimate of drug-likeness (QED) is 0.902. The lowest BCUT2D eigenvalue weighted by Gasteiger charge is -2.20. The number of hydrogen-bond donors (Lipinski definition) is 2. The van der Waals surface area contributed by atoms with Crippen molar-refractivity contribution in [1.82, 2.24) is 10.3 Å². The Hall–Kier alpha value is -2.10. The number of para-hydroxylation sites is 1. The standard InChI is InChI=1S/C17H23N3O/c1-5-10-18-14-11-15(16(21)20-17(2,3)4)19-13-9-7-6-8-12(13)14/h6-9,11H,5,10H2,1-4H3,(H,18,19)(H,20,21). The van der Waals surface area contributed by atoms with Crippen molar-refractivity contribution in [3.63, 3.8) is 0 Å². The molecule has 0 aliphatic rings. The second kappa shape index (κ2) is 6.12. The molecule has 2 aromatic rings. The summed E-state index contributed by atoms with van der Waals surface area (Å²) < 4.78 is 0. The van der Waals surface area contributed by atoms with Crippen LogP contribution < -0.4 is 10.6 Å². The molecular formula is C17H23N3O. The third-order valence-corrected chi connectivity index (χ3v) is 3.00. The molecule has 0 radical (unpaired) electrons. The average Bonchev–Trinajstić information content (AvgIpc) is 2.42. The molecule has 0 spiro atoms. The minimum absolute atomic E-state index is 0.146. The number of benzene rings is 1. The number of carbonyl (C=O) groups excluding carboxylic acids is 1. The number of hydrogen-bond acceptors (Lipinski definition) is 3. The zero-order valence-electron chi connectivity index (χ0n) is 13.2. The molecule has 1 aromatic heterocycles. The van der Waals surface area contributed by atoms with Crippen LogP contribution in [0.4, 0.5) is 5.69 Å². The molecule has 21 heavy (non-hydrogen) atoms. The van der Waals surface area contributed by atoms with Gasteiger partial charge in [0, 0.05) is 23.2 Å². The van der Waals surface area contributed by atoms with Crippen LogP contribution in [-0.4, -0.2) is 23.0 Å². The molecule has 4 heteroatoms. The lowest BCUT2D eigenvalue weighted by molar-refractivity contribution is 0.0915. The largest absolute Gasteiger partial charge is 0.384 e. The van der Waals surface area contributed by atoms with Gasteiger partial charge in [-0.1, -0.05) is 25.1 Å². The van der Waals surface area contributed by atoms with E-state index in [0.29, 0.717) is 5.69 Å². The Morgan fingerprint density at radius 1 is 1.24 bits per heavy atom. The maximum absolute atomic E-state index is 12.3. The second-order valence-electron chi connectivity index (χ2n) is 6.20. The van der Waals surface area contributed by atoms with Gasteiger partial charge in [-0.2, -0.15) is 0 Å². The molecule has 4 nitrogen and oxygen atoms in total. The zero-order chi connectivity index (χ0) is 15.5. The van der Waals surface area contributed by atoms with Crippen molar-refractivity contribution < 1.29 is 4.79 Å². The predicted molar refractivity (Wildman–Crippen MR) is 87.7 cm³/mol. The number of anilines is 1. The topological polar surface area (TPSA) is 54.0 Å². The lowest BCUT2D eigenvalue weighted by atomic mass is 10.1. The van der Waals surface area contributed by atoms with Gasteiger partial charge < -0.3 is 10.6 Å². The predicted octanol–water partition coefficient (Wildman–Crippen LogP) is 3.59. The van der Waals surface area contributed by atoms with Crippen molar-refractivity contribution in [2.45, 2.75) is 39.7 Å². The first-order valence-corrected chi connectivity index (χ1v) is 7.37. The number of aromatic nitrogens is 1. The molecule has 0 fully saturated rings. The van der Waals surface area contributed by atoms with Crippen LogP contribution in [0, 0.1) is 0 Å². The number of pyridine rings is 1. The number of fused-ring (bicyclic) bond motifs is 1. The van der Waals surface area contributed by atoms with Crippen LogP contribution in [-0.2, 0) is 0 Å². The highest BCUT2D eigenvalue weighted by Crippen LogP contribution is 2.23. The van der Waals surface area contributed by atoms with Crippen LogP contribution in [0.3, 0.4) is 0 Å². The number of nitrogens with one attached hydrogen (secondary N) is 2. The van der Waals surface area contributed by atoms with Crippen molar-refractivity contribution in [3.8, 4) is 0 Å². The van der Waals surface area contributed by atoms with Gasteiger partial charge in [0.1, 0.15) is 5.69 Å². The second-order valence-corrected chi connectivity index (χ2v) is 6.20. The summed E-state index contributed by atoms with van der Waals surface area (Å²) in [6.45, 7) is 8.87. The Bertz CT molecular complexity index is 644. The van der Waals surface area contributed by atoms with Crippen molar-refractivity contribution in [2.75, 3.05) is 11.9 Å². The first kappa shape index (κ1) is 15.3. The van der Waals surface area contributed by atoms with Gasteiger partial charge in [-0.15, -0.1) is 0 Å². The van der Waals surface area contributed by atoms with Crippen molar-refractivity contribution >= 4 is 22.5 Å². The molecule has 0 saturated heterocycles. The minimum atomic E-state index is -0.276. The average molecular weight is 285 g/mol.